The Kier molecular flexibility index (Phi) is 23.3. The number of hydrogen-bond acceptors (Lipinski definition) is 14. The number of hydrogen-bond donors (Lipinski definition) is 15. The van der Waals surface area contributed by atoms with E-state index in [1.165, 1.54) is 19.4 Å². The number of rotatable bonds is 31. The largest absolute Gasteiger partial charge is 0.370 e. The van der Waals surface area contributed by atoms with E-state index >= 15 is 0 Å². The molecule has 2 aromatic heterocycles. The highest BCUT2D eigenvalue weighted by Crippen LogP contribution is 2.20. The standard InChI is InChI=1S/C50H68N16O10S2/c1-3-4-16-39(66-40(67)23-57-50(66)76)48(75)65-38(25-78)47(74)59-27(2)42(69)61-36(20-30-22-54-26-58-30)46(73)62-34(18-28-11-6-5-7-12-28)44(71)60-33(15-10-17-55-49(52)53)43(70)63-35(45(72)64-37(24-77)41(51)68)19-29-21-56-32-14-9-8-13-31(29)32/h5-9,11-14,21-22,26-27,33-39,56,77-78H,3-4,10,15-20,23-25H2,1-2H3,(H2,51,68)(H,54,58)(H,57,76)(H,59,74)(H,60,71)(H,61,69)(H,62,73)(H,63,70)(H,64,72)(H,65,75)(H4,52,53,55)/t27-,33+,34-,35+,36+,37+,38+,39+/m1/s1. The number of carbonyl (C=O) groups excluding carboxylic acids is 10. The Morgan fingerprint density at radius 2 is 1.24 bits per heavy atom. The molecule has 0 radical (unpaired) electrons. The topological polar surface area (TPSA) is 405 Å². The minimum Gasteiger partial charge on any atom is -0.370 e. The number of unbranched alkanes of at least 4 members (excludes halogenated alkanes) is 1. The van der Waals surface area contributed by atoms with Gasteiger partial charge in [-0.05, 0) is 43.4 Å². The molecule has 5 rings (SSSR count). The summed E-state index contributed by atoms with van der Waals surface area (Å²) in [4.78, 5) is 151. The second kappa shape index (κ2) is 30.0. The lowest BCUT2D eigenvalue weighted by Crippen LogP contribution is -2.61. The number of H-pyrrole nitrogens is 2. The highest BCUT2D eigenvalue weighted by molar-refractivity contribution is 7.80. The number of aliphatic imine (C=N–C) groups is 1. The Labute approximate surface area is 460 Å². The van der Waals surface area contributed by atoms with Crippen LogP contribution in [0.5, 0.6) is 0 Å². The van der Waals surface area contributed by atoms with Crippen LogP contribution in [0.4, 0.5) is 4.79 Å². The molecule has 8 atom stereocenters. The van der Waals surface area contributed by atoms with Crippen molar-refractivity contribution in [3.8, 4) is 0 Å². The normalized spacial score (nSPS) is 15.2. The summed E-state index contributed by atoms with van der Waals surface area (Å²) >= 11 is 8.38. The number of urea groups is 1. The number of nitrogens with one attached hydrogen (secondary N) is 10. The number of nitrogens with zero attached hydrogens (tertiary/aromatic N) is 3. The lowest BCUT2D eigenvalue weighted by molar-refractivity contribution is -0.137. The molecule has 1 saturated heterocycles. The molecule has 0 bridgehead atoms. The number of carbonyl (C=O) groups is 10. The van der Waals surface area contributed by atoms with Crippen LogP contribution < -0.4 is 59.7 Å². The summed E-state index contributed by atoms with van der Waals surface area (Å²) in [7, 11) is 0. The van der Waals surface area contributed by atoms with Gasteiger partial charge in [-0.3, -0.25) is 53.0 Å². The Balaban J connectivity index is 1.37. The van der Waals surface area contributed by atoms with E-state index in [9.17, 15) is 47.9 Å². The molecule has 0 unspecified atom stereocenters. The van der Waals surface area contributed by atoms with Crippen molar-refractivity contribution in [3.05, 3.63) is 90.1 Å². The van der Waals surface area contributed by atoms with Crippen LogP contribution in [0.2, 0.25) is 0 Å². The van der Waals surface area contributed by atoms with Crippen LogP contribution in [-0.2, 0) is 62.4 Å². The minimum atomic E-state index is -1.42. The van der Waals surface area contributed by atoms with E-state index in [2.05, 4.69) is 87.7 Å². The summed E-state index contributed by atoms with van der Waals surface area (Å²) in [6, 6.07) is 4.58. The average molecular weight is 1120 g/mol. The van der Waals surface area contributed by atoms with Crippen LogP contribution in [0, 0.1) is 0 Å². The molecule has 1 fully saturated rings. The Hall–Kier alpha value is -8.14. The van der Waals surface area contributed by atoms with Gasteiger partial charge >= 0.3 is 6.03 Å². The van der Waals surface area contributed by atoms with Gasteiger partial charge in [0, 0.05) is 66.3 Å². The molecule has 1 aliphatic rings. The number of amides is 11. The Morgan fingerprint density at radius 3 is 1.85 bits per heavy atom. The SMILES string of the molecule is CCCC[C@@H](C(=O)N[C@@H](CS)C(=O)N[C@H](C)C(=O)N[C@@H](Cc1cnc[nH]1)C(=O)N[C@H](Cc1ccccc1)C(=O)N[C@@H](CCCN=C(N)N)C(=O)N[C@@H](Cc1c[nH]c2ccccc12)C(=O)N[C@@H](CS)C(N)=O)N1C(=O)CNC1=O. The fraction of sp³-hybridized carbons (Fsp3) is 0.440. The van der Waals surface area contributed by atoms with Crippen molar-refractivity contribution < 1.29 is 47.9 Å². The monoisotopic (exact) mass is 1120 g/mol. The second-order valence-electron chi connectivity index (χ2n) is 18.4. The summed E-state index contributed by atoms with van der Waals surface area (Å²) in [6.45, 7) is 2.97. The van der Waals surface area contributed by atoms with E-state index in [0.717, 1.165) is 15.8 Å². The van der Waals surface area contributed by atoms with Crippen LogP contribution >= 0.6 is 25.3 Å². The summed E-state index contributed by atoms with van der Waals surface area (Å²) in [5, 5.41) is 21.6. The van der Waals surface area contributed by atoms with Gasteiger partial charge in [0.15, 0.2) is 5.96 Å². The van der Waals surface area contributed by atoms with Crippen molar-refractivity contribution in [1.82, 2.24) is 62.4 Å². The molecule has 2 aromatic carbocycles. The van der Waals surface area contributed by atoms with E-state index < -0.39 is 108 Å². The van der Waals surface area contributed by atoms with E-state index in [1.807, 2.05) is 25.1 Å². The maximum Gasteiger partial charge on any atom is 0.325 e. The van der Waals surface area contributed by atoms with Gasteiger partial charge in [-0.2, -0.15) is 25.3 Å². The average Bonchev–Trinajstić information content (AvgIpc) is 4.18. The predicted octanol–water partition coefficient (Wildman–Crippen LogP) is -2.16. The molecule has 420 valence electrons. The molecule has 3 heterocycles. The molecule has 26 nitrogen and oxygen atoms in total. The molecule has 11 amide bonds. The van der Waals surface area contributed by atoms with Gasteiger partial charge in [0.25, 0.3) is 5.91 Å². The van der Waals surface area contributed by atoms with Gasteiger partial charge in [0.2, 0.25) is 47.3 Å². The maximum atomic E-state index is 14.6. The zero-order valence-corrected chi connectivity index (χ0v) is 44.9. The zero-order valence-electron chi connectivity index (χ0n) is 43.1. The second-order valence-corrected chi connectivity index (χ2v) is 19.2. The molecule has 0 saturated carbocycles. The Morgan fingerprint density at radius 1 is 0.667 bits per heavy atom. The van der Waals surface area contributed by atoms with Gasteiger partial charge < -0.3 is 69.7 Å². The summed E-state index contributed by atoms with van der Waals surface area (Å²) in [6.07, 6.45) is 5.44. The van der Waals surface area contributed by atoms with Gasteiger partial charge in [0.05, 0.1) is 12.9 Å². The number of guanidine groups is 1. The van der Waals surface area contributed by atoms with Crippen LogP contribution in [0.3, 0.4) is 0 Å². The first-order chi connectivity index (χ1) is 37.3. The number of para-hydroxylation sites is 1. The van der Waals surface area contributed by atoms with Gasteiger partial charge in [-0.15, -0.1) is 0 Å². The smallest absolute Gasteiger partial charge is 0.325 e. The molecular weight excluding hydrogens is 1050 g/mol. The first kappa shape index (κ1) is 60.7. The molecule has 0 spiro atoms. The Bertz CT molecular complexity index is 2760. The molecule has 78 heavy (non-hydrogen) atoms. The van der Waals surface area contributed by atoms with Crippen LogP contribution in [-0.4, -0.2) is 158 Å². The van der Waals surface area contributed by atoms with Crippen molar-refractivity contribution in [1.29, 1.82) is 0 Å². The van der Waals surface area contributed by atoms with Crippen LogP contribution in [0.15, 0.2) is 78.3 Å². The lowest BCUT2D eigenvalue weighted by Gasteiger charge is -2.28. The van der Waals surface area contributed by atoms with Crippen molar-refractivity contribution in [2.75, 3.05) is 24.6 Å². The third-order valence-electron chi connectivity index (χ3n) is 12.6. The van der Waals surface area contributed by atoms with Gasteiger partial charge in [0.1, 0.15) is 48.3 Å². The van der Waals surface area contributed by atoms with Crippen molar-refractivity contribution in [3.63, 3.8) is 0 Å². The molecule has 0 aliphatic carbocycles. The third-order valence-corrected chi connectivity index (χ3v) is 13.3. The van der Waals surface area contributed by atoms with Crippen molar-refractivity contribution in [2.24, 2.45) is 22.2 Å². The van der Waals surface area contributed by atoms with Crippen molar-refractivity contribution >= 4 is 101 Å². The van der Waals surface area contributed by atoms with Crippen LogP contribution in [0.1, 0.15) is 62.8 Å². The fourth-order valence-electron chi connectivity index (χ4n) is 8.35. The first-order valence-electron chi connectivity index (χ1n) is 25.2. The fourth-order valence-corrected chi connectivity index (χ4v) is 8.87. The molecular formula is C50H68N16O10S2. The number of imidazole rings is 1. The predicted molar refractivity (Wildman–Crippen MR) is 294 cm³/mol. The number of nitrogens with two attached hydrogens (primary N) is 3. The first-order valence-corrected chi connectivity index (χ1v) is 26.4. The summed E-state index contributed by atoms with van der Waals surface area (Å²) < 4.78 is 0. The van der Waals surface area contributed by atoms with Gasteiger partial charge in [-0.25, -0.2) is 9.78 Å². The van der Waals surface area contributed by atoms with Gasteiger partial charge in [-0.1, -0.05) is 68.3 Å². The van der Waals surface area contributed by atoms with E-state index in [4.69, 9.17) is 17.2 Å². The molecule has 1 aliphatic heterocycles. The number of aromatic nitrogens is 3. The summed E-state index contributed by atoms with van der Waals surface area (Å²) in [5.41, 5.74) is 19.1. The number of thiol groups is 2. The summed E-state index contributed by atoms with van der Waals surface area (Å²) in [5.74, 6) is -7.79. The van der Waals surface area contributed by atoms with E-state index in [-0.39, 0.29) is 69.1 Å². The maximum absolute atomic E-state index is 14.6. The quantitative estimate of drug-likeness (QED) is 0.00841. The number of benzene rings is 2. The molecule has 4 aromatic rings. The zero-order chi connectivity index (χ0) is 56.9. The number of primary amides is 1. The van der Waals surface area contributed by atoms with Crippen molar-refractivity contribution in [2.45, 2.75) is 114 Å². The van der Waals surface area contributed by atoms with E-state index in [0.29, 0.717) is 29.7 Å². The molecule has 28 heteroatoms. The van der Waals surface area contributed by atoms with E-state index in [1.54, 1.807) is 42.6 Å². The minimum absolute atomic E-state index is 0.0476. The number of fused-ring (bicyclic) bond motifs is 1. The number of imide groups is 1. The molecule has 16 N–H and O–H groups in total. The highest BCUT2D eigenvalue weighted by atomic mass is 32.1. The highest BCUT2D eigenvalue weighted by Gasteiger charge is 2.40. The van der Waals surface area contributed by atoms with Crippen LogP contribution in [0.25, 0.3) is 10.9 Å². The number of aromatic amines is 2. The third kappa shape index (κ3) is 17.7. The lowest BCUT2D eigenvalue weighted by atomic mass is 10.0.